The fourth-order valence-electron chi connectivity index (χ4n) is 3.59. The highest BCUT2D eigenvalue weighted by atomic mass is 32.1. The highest BCUT2D eigenvalue weighted by Gasteiger charge is 2.35. The number of rotatable bonds is 4. The minimum atomic E-state index is 0.321. The molecule has 0 heterocycles. The summed E-state index contributed by atoms with van der Waals surface area (Å²) in [6.07, 6.45) is 8.35. The minimum Gasteiger partial charge on any atom is -0.381 e. The normalized spacial score (nSPS) is 44.2. The summed E-state index contributed by atoms with van der Waals surface area (Å²) >= 11 is 4.77. The number of ether oxygens (including phenoxy) is 2. The van der Waals surface area contributed by atoms with Crippen molar-refractivity contribution in [3.63, 3.8) is 0 Å². The van der Waals surface area contributed by atoms with Crippen LogP contribution in [-0.4, -0.2) is 31.2 Å². The first-order valence-electron chi connectivity index (χ1n) is 7.94. The van der Waals surface area contributed by atoms with Gasteiger partial charge in [-0.3, -0.25) is 0 Å². The molecule has 0 aromatic rings. The molecule has 19 heavy (non-hydrogen) atoms. The zero-order chi connectivity index (χ0) is 13.8. The monoisotopic (exact) mass is 286 g/mol. The van der Waals surface area contributed by atoms with Crippen LogP contribution in [0.3, 0.4) is 0 Å². The molecule has 2 fully saturated rings. The summed E-state index contributed by atoms with van der Waals surface area (Å²) in [5, 5.41) is 0.321. The number of hydrogen-bond donors (Lipinski definition) is 1. The van der Waals surface area contributed by atoms with Gasteiger partial charge in [0.05, 0.1) is 12.2 Å². The molecule has 0 aromatic carbocycles. The molecule has 0 radical (unpaired) electrons. The van der Waals surface area contributed by atoms with Gasteiger partial charge in [0.15, 0.2) is 0 Å². The number of thiol groups is 1. The van der Waals surface area contributed by atoms with E-state index in [1.165, 1.54) is 25.7 Å². The summed E-state index contributed by atoms with van der Waals surface area (Å²) in [5.74, 6) is 2.19. The van der Waals surface area contributed by atoms with Crippen molar-refractivity contribution in [3.8, 4) is 0 Å². The summed E-state index contributed by atoms with van der Waals surface area (Å²) in [6.45, 7) is 5.55. The first kappa shape index (κ1) is 15.7. The Bertz CT molecular complexity index is 263. The van der Waals surface area contributed by atoms with Crippen LogP contribution in [-0.2, 0) is 9.47 Å². The lowest BCUT2D eigenvalue weighted by Gasteiger charge is -2.39. The molecule has 2 saturated carbocycles. The van der Waals surface area contributed by atoms with Gasteiger partial charge in [0.1, 0.15) is 0 Å². The minimum absolute atomic E-state index is 0.321. The molecule has 4 atom stereocenters. The largest absolute Gasteiger partial charge is 0.381 e. The molecule has 4 unspecified atom stereocenters. The SMILES string of the molecule is COC1CCC(OCC2CCC(C)CC2)C(S)C1C. The molecule has 0 amide bonds. The van der Waals surface area contributed by atoms with Gasteiger partial charge in [-0.1, -0.05) is 26.7 Å². The van der Waals surface area contributed by atoms with Crippen LogP contribution in [0.15, 0.2) is 0 Å². The van der Waals surface area contributed by atoms with E-state index in [1.807, 2.05) is 7.11 Å². The van der Waals surface area contributed by atoms with E-state index < -0.39 is 0 Å². The molecule has 0 aromatic heterocycles. The van der Waals surface area contributed by atoms with Crippen molar-refractivity contribution in [1.82, 2.24) is 0 Å². The van der Waals surface area contributed by atoms with Gasteiger partial charge in [0.2, 0.25) is 0 Å². The van der Waals surface area contributed by atoms with Crippen LogP contribution in [0.1, 0.15) is 52.4 Å². The molecule has 112 valence electrons. The van der Waals surface area contributed by atoms with Crippen molar-refractivity contribution in [1.29, 1.82) is 0 Å². The quantitative estimate of drug-likeness (QED) is 0.789. The maximum Gasteiger partial charge on any atom is 0.0695 e. The lowest BCUT2D eigenvalue weighted by atomic mass is 9.83. The Kier molecular flexibility index (Phi) is 6.04. The molecule has 0 bridgehead atoms. The fraction of sp³-hybridized carbons (Fsp3) is 1.00. The second-order valence-corrected chi connectivity index (χ2v) is 7.30. The average Bonchev–Trinajstić information content (AvgIpc) is 2.42. The molecule has 2 aliphatic rings. The molecular weight excluding hydrogens is 256 g/mol. The molecule has 2 aliphatic carbocycles. The third kappa shape index (κ3) is 4.12. The van der Waals surface area contributed by atoms with Gasteiger partial charge in [-0.05, 0) is 43.4 Å². The third-order valence-corrected chi connectivity index (χ3v) is 6.03. The van der Waals surface area contributed by atoms with E-state index in [9.17, 15) is 0 Å². The Morgan fingerprint density at radius 2 is 1.58 bits per heavy atom. The van der Waals surface area contributed by atoms with Crippen molar-refractivity contribution in [3.05, 3.63) is 0 Å². The molecular formula is C16H30O2S. The second-order valence-electron chi connectivity index (χ2n) is 6.70. The molecule has 0 N–H and O–H groups in total. The van der Waals surface area contributed by atoms with E-state index in [0.717, 1.165) is 31.3 Å². The van der Waals surface area contributed by atoms with Crippen molar-refractivity contribution in [2.45, 2.75) is 69.8 Å². The number of methoxy groups -OCH3 is 1. The van der Waals surface area contributed by atoms with E-state index >= 15 is 0 Å². The predicted molar refractivity (Wildman–Crippen MR) is 82.8 cm³/mol. The van der Waals surface area contributed by atoms with E-state index in [-0.39, 0.29) is 0 Å². The molecule has 2 rings (SSSR count). The predicted octanol–water partition coefficient (Wildman–Crippen LogP) is 3.94. The number of hydrogen-bond acceptors (Lipinski definition) is 3. The first-order chi connectivity index (χ1) is 9.11. The summed E-state index contributed by atoms with van der Waals surface area (Å²) in [6, 6.07) is 0. The average molecular weight is 286 g/mol. The van der Waals surface area contributed by atoms with E-state index in [0.29, 0.717) is 23.4 Å². The highest BCUT2D eigenvalue weighted by Crippen LogP contribution is 2.34. The van der Waals surface area contributed by atoms with Gasteiger partial charge >= 0.3 is 0 Å². The maximum atomic E-state index is 6.20. The van der Waals surface area contributed by atoms with Gasteiger partial charge in [0.25, 0.3) is 0 Å². The zero-order valence-corrected chi connectivity index (χ0v) is 13.6. The van der Waals surface area contributed by atoms with Crippen LogP contribution in [0.25, 0.3) is 0 Å². The topological polar surface area (TPSA) is 18.5 Å². The highest BCUT2D eigenvalue weighted by molar-refractivity contribution is 7.81. The molecule has 0 saturated heterocycles. The fourth-order valence-corrected chi connectivity index (χ4v) is 4.02. The van der Waals surface area contributed by atoms with Crippen molar-refractivity contribution < 1.29 is 9.47 Å². The van der Waals surface area contributed by atoms with Crippen LogP contribution in [0.5, 0.6) is 0 Å². The standard InChI is InChI=1S/C16H30O2S/c1-11-4-6-13(7-5-11)10-18-15-9-8-14(17-3)12(2)16(15)19/h11-16,19H,4-10H2,1-3H3. The van der Waals surface area contributed by atoms with Gasteiger partial charge in [-0.2, -0.15) is 12.6 Å². The Labute approximate surface area is 124 Å². The van der Waals surface area contributed by atoms with E-state index in [1.54, 1.807) is 0 Å². The summed E-state index contributed by atoms with van der Waals surface area (Å²) in [4.78, 5) is 0. The Hall–Kier alpha value is 0.270. The molecule has 2 nitrogen and oxygen atoms in total. The summed E-state index contributed by atoms with van der Waals surface area (Å²) < 4.78 is 11.7. The molecule has 0 spiro atoms. The van der Waals surface area contributed by atoms with Crippen molar-refractivity contribution in [2.24, 2.45) is 17.8 Å². The lowest BCUT2D eigenvalue weighted by molar-refractivity contribution is -0.0505. The van der Waals surface area contributed by atoms with Gasteiger partial charge in [0, 0.05) is 19.0 Å². The van der Waals surface area contributed by atoms with Gasteiger partial charge in [-0.15, -0.1) is 0 Å². The molecule has 3 heteroatoms. The lowest BCUT2D eigenvalue weighted by Crippen LogP contribution is -2.43. The van der Waals surface area contributed by atoms with E-state index in [4.69, 9.17) is 22.1 Å². The van der Waals surface area contributed by atoms with Crippen LogP contribution in [0, 0.1) is 17.8 Å². The molecule has 0 aliphatic heterocycles. The van der Waals surface area contributed by atoms with Crippen LogP contribution >= 0.6 is 12.6 Å². The smallest absolute Gasteiger partial charge is 0.0695 e. The van der Waals surface area contributed by atoms with Gasteiger partial charge < -0.3 is 9.47 Å². The third-order valence-electron chi connectivity index (χ3n) is 5.23. The first-order valence-corrected chi connectivity index (χ1v) is 8.46. The van der Waals surface area contributed by atoms with Crippen LogP contribution in [0.2, 0.25) is 0 Å². The Balaban J connectivity index is 1.74. The van der Waals surface area contributed by atoms with Crippen molar-refractivity contribution in [2.75, 3.05) is 13.7 Å². The maximum absolute atomic E-state index is 6.20. The zero-order valence-electron chi connectivity index (χ0n) is 12.7. The summed E-state index contributed by atoms with van der Waals surface area (Å²) in [7, 11) is 1.81. The van der Waals surface area contributed by atoms with Crippen molar-refractivity contribution >= 4 is 12.6 Å². The van der Waals surface area contributed by atoms with E-state index in [2.05, 4.69) is 13.8 Å². The van der Waals surface area contributed by atoms with Crippen LogP contribution in [0.4, 0.5) is 0 Å². The van der Waals surface area contributed by atoms with Gasteiger partial charge in [-0.25, -0.2) is 0 Å². The summed E-state index contributed by atoms with van der Waals surface area (Å²) in [5.41, 5.74) is 0. The second kappa shape index (κ2) is 7.33. The van der Waals surface area contributed by atoms with Crippen LogP contribution < -0.4 is 0 Å². The Morgan fingerprint density at radius 3 is 2.21 bits per heavy atom. The Morgan fingerprint density at radius 1 is 0.947 bits per heavy atom.